The monoisotopic (exact) mass is 164 g/mol. The van der Waals surface area contributed by atoms with Gasteiger partial charge in [-0.1, -0.05) is 6.08 Å². The van der Waals surface area contributed by atoms with Crippen LogP contribution in [0, 0.1) is 0 Å². The van der Waals surface area contributed by atoms with Crippen molar-refractivity contribution in [2.75, 3.05) is 0 Å². The highest BCUT2D eigenvalue weighted by Gasteiger charge is 2.06. The van der Waals surface area contributed by atoms with Crippen LogP contribution in [0.5, 0.6) is 0 Å². The smallest absolute Gasteiger partial charge is 0.155 e. The van der Waals surface area contributed by atoms with Crippen molar-refractivity contribution in [3.8, 4) is 0 Å². The lowest BCUT2D eigenvalue weighted by molar-refractivity contribution is -0.115. The average Bonchev–Trinajstić information content (AvgIpc) is 2.01. The van der Waals surface area contributed by atoms with E-state index in [0.29, 0.717) is 6.42 Å². The number of hydrogen-bond donors (Lipinski definition) is 0. The lowest BCUT2D eigenvalue weighted by Gasteiger charge is -2.06. The minimum Gasteiger partial charge on any atom is -0.295 e. The first-order chi connectivity index (χ1) is 5.68. The maximum atomic E-state index is 10.9. The molecule has 0 saturated carbocycles. The van der Waals surface area contributed by atoms with Crippen molar-refractivity contribution in [2.24, 2.45) is 0 Å². The predicted octanol–water partition coefficient (Wildman–Crippen LogP) is 1.81. The molecule has 0 unspecified atom stereocenters. The Morgan fingerprint density at radius 1 is 1.50 bits per heavy atom. The molecule has 1 rings (SSSR count). The molecule has 0 spiro atoms. The number of carbonyl (C=O) groups excluding carboxylic acids is 2. The van der Waals surface area contributed by atoms with Gasteiger partial charge in [0.2, 0.25) is 0 Å². The van der Waals surface area contributed by atoms with Gasteiger partial charge in [0, 0.05) is 6.42 Å². The average molecular weight is 164 g/mol. The Bertz CT molecular complexity index is 259. The van der Waals surface area contributed by atoms with Gasteiger partial charge in [-0.2, -0.15) is 0 Å². The molecule has 0 heterocycles. The molecule has 0 amide bonds. The van der Waals surface area contributed by atoms with Gasteiger partial charge in [-0.25, -0.2) is 0 Å². The van der Waals surface area contributed by atoms with E-state index >= 15 is 0 Å². The number of rotatable bonds is 2. The Balaban J connectivity index is 2.63. The van der Waals surface area contributed by atoms with E-state index in [4.69, 9.17) is 0 Å². The van der Waals surface area contributed by atoms with E-state index in [9.17, 15) is 9.59 Å². The fourth-order valence-electron chi connectivity index (χ4n) is 1.17. The van der Waals surface area contributed by atoms with Crippen LogP contribution in [-0.4, -0.2) is 11.6 Å². The molecule has 0 atom stereocenters. The van der Waals surface area contributed by atoms with Gasteiger partial charge in [0.1, 0.15) is 0 Å². The fraction of sp³-hybridized carbons (Fsp3) is 0.400. The van der Waals surface area contributed by atoms with Crippen LogP contribution in [0.1, 0.15) is 26.2 Å². The van der Waals surface area contributed by atoms with E-state index in [1.807, 2.05) is 0 Å². The van der Waals surface area contributed by atoms with Crippen molar-refractivity contribution in [1.82, 2.24) is 0 Å². The van der Waals surface area contributed by atoms with Gasteiger partial charge in [-0.3, -0.25) is 9.59 Å². The number of carbonyl (C=O) groups is 2. The second kappa shape index (κ2) is 4.00. The molecule has 0 fully saturated rings. The van der Waals surface area contributed by atoms with Crippen LogP contribution in [0.15, 0.2) is 23.8 Å². The van der Waals surface area contributed by atoms with Crippen molar-refractivity contribution in [1.29, 1.82) is 0 Å². The van der Waals surface area contributed by atoms with Gasteiger partial charge in [0.15, 0.2) is 11.6 Å². The molecule has 0 saturated heterocycles. The van der Waals surface area contributed by atoms with Crippen LogP contribution in [0.3, 0.4) is 0 Å². The molecule has 0 aromatic heterocycles. The summed E-state index contributed by atoms with van der Waals surface area (Å²) in [5.74, 6) is 0.193. The summed E-state index contributed by atoms with van der Waals surface area (Å²) in [6.45, 7) is 1.50. The minimum atomic E-state index is 0.0222. The first-order valence-corrected chi connectivity index (χ1v) is 4.10. The third-order valence-corrected chi connectivity index (χ3v) is 1.77. The van der Waals surface area contributed by atoms with Crippen molar-refractivity contribution in [3.05, 3.63) is 23.8 Å². The fourth-order valence-corrected chi connectivity index (χ4v) is 1.17. The highest BCUT2D eigenvalue weighted by Crippen LogP contribution is 2.15. The van der Waals surface area contributed by atoms with Crippen molar-refractivity contribution >= 4 is 11.6 Å². The van der Waals surface area contributed by atoms with Crippen LogP contribution in [0.4, 0.5) is 0 Å². The summed E-state index contributed by atoms with van der Waals surface area (Å²) in [6.07, 6.45) is 7.34. The van der Waals surface area contributed by atoms with E-state index in [1.165, 1.54) is 13.0 Å². The summed E-state index contributed by atoms with van der Waals surface area (Å²) in [4.78, 5) is 21.5. The van der Waals surface area contributed by atoms with E-state index in [1.54, 1.807) is 12.2 Å². The second-order valence-electron chi connectivity index (χ2n) is 2.98. The summed E-state index contributed by atoms with van der Waals surface area (Å²) in [7, 11) is 0. The molecular weight excluding hydrogens is 152 g/mol. The lowest BCUT2D eigenvalue weighted by Crippen LogP contribution is -2.01. The van der Waals surface area contributed by atoms with E-state index < -0.39 is 0 Å². The Hall–Kier alpha value is -1.18. The molecule has 2 heteroatoms. The summed E-state index contributed by atoms with van der Waals surface area (Å²) in [5, 5.41) is 0. The topological polar surface area (TPSA) is 34.1 Å². The molecule has 0 aliphatic heterocycles. The molecule has 1 aliphatic rings. The quantitative estimate of drug-likeness (QED) is 0.583. The molecule has 0 radical (unpaired) electrons. The molecule has 2 nitrogen and oxygen atoms in total. The second-order valence-corrected chi connectivity index (χ2v) is 2.98. The molecule has 0 aromatic carbocycles. The molecular formula is C10H12O2. The molecule has 1 aliphatic carbocycles. The van der Waals surface area contributed by atoms with Crippen molar-refractivity contribution in [2.45, 2.75) is 26.2 Å². The highest BCUT2D eigenvalue weighted by molar-refractivity contribution is 5.92. The molecule has 12 heavy (non-hydrogen) atoms. The van der Waals surface area contributed by atoms with Gasteiger partial charge in [0.25, 0.3) is 0 Å². The normalized spacial score (nSPS) is 18.1. The first-order valence-electron chi connectivity index (χ1n) is 4.10. The van der Waals surface area contributed by atoms with E-state index in [0.717, 1.165) is 18.4 Å². The molecule has 64 valence electrons. The summed E-state index contributed by atoms with van der Waals surface area (Å²) < 4.78 is 0. The standard InChI is InChI=1S/C10H12O2/c1-8(11)5-6-9-3-2-4-10(12)7-9/h5-7H,2-4H2,1H3/b6-5+. The van der Waals surface area contributed by atoms with Crippen LogP contribution in [0.25, 0.3) is 0 Å². The minimum absolute atomic E-state index is 0.0222. The number of ketones is 2. The van der Waals surface area contributed by atoms with Crippen LogP contribution in [-0.2, 0) is 9.59 Å². The zero-order chi connectivity index (χ0) is 8.97. The van der Waals surface area contributed by atoms with Gasteiger partial charge in [-0.15, -0.1) is 0 Å². The molecule has 0 aromatic rings. The van der Waals surface area contributed by atoms with E-state index in [-0.39, 0.29) is 11.6 Å². The van der Waals surface area contributed by atoms with Crippen LogP contribution < -0.4 is 0 Å². The third-order valence-electron chi connectivity index (χ3n) is 1.77. The van der Waals surface area contributed by atoms with Crippen molar-refractivity contribution < 1.29 is 9.59 Å². The number of hydrogen-bond acceptors (Lipinski definition) is 2. The predicted molar refractivity (Wildman–Crippen MR) is 46.8 cm³/mol. The zero-order valence-corrected chi connectivity index (χ0v) is 7.17. The van der Waals surface area contributed by atoms with Crippen molar-refractivity contribution in [3.63, 3.8) is 0 Å². The van der Waals surface area contributed by atoms with Gasteiger partial charge >= 0.3 is 0 Å². The molecule has 0 bridgehead atoms. The van der Waals surface area contributed by atoms with Gasteiger partial charge < -0.3 is 0 Å². The van der Waals surface area contributed by atoms with Gasteiger partial charge in [0.05, 0.1) is 0 Å². The Labute approximate surface area is 72.0 Å². The Morgan fingerprint density at radius 3 is 2.83 bits per heavy atom. The maximum Gasteiger partial charge on any atom is 0.155 e. The van der Waals surface area contributed by atoms with E-state index in [2.05, 4.69) is 0 Å². The Morgan fingerprint density at radius 2 is 2.25 bits per heavy atom. The Kier molecular flexibility index (Phi) is 2.97. The third kappa shape index (κ3) is 2.82. The summed E-state index contributed by atoms with van der Waals surface area (Å²) in [5.41, 5.74) is 0.974. The maximum absolute atomic E-state index is 10.9. The van der Waals surface area contributed by atoms with Crippen LogP contribution >= 0.6 is 0 Å². The zero-order valence-electron chi connectivity index (χ0n) is 7.17. The SMILES string of the molecule is CC(=O)/C=C/C1=CC(=O)CCC1. The molecule has 0 N–H and O–H groups in total. The van der Waals surface area contributed by atoms with Crippen LogP contribution in [0.2, 0.25) is 0 Å². The van der Waals surface area contributed by atoms with Gasteiger partial charge in [-0.05, 0) is 37.5 Å². The summed E-state index contributed by atoms with van der Waals surface area (Å²) >= 11 is 0. The lowest BCUT2D eigenvalue weighted by atomic mass is 9.98. The summed E-state index contributed by atoms with van der Waals surface area (Å²) in [6, 6.07) is 0. The highest BCUT2D eigenvalue weighted by atomic mass is 16.1. The first kappa shape index (κ1) is 8.91. The number of allylic oxidation sites excluding steroid dienone is 4. The largest absolute Gasteiger partial charge is 0.295 e.